The standard InChI is InChI=1S/C20H16N6O3S2/c1-26(8-15-23-13-6-7-30-17(13)18(27)24-15)19(28)16-12(9-31-20-21-10-22-25-20)11-4-2-3-5-14(11)29-16/h2-7,10H,8-9H2,1H3,(H,21,22,25)(H,23,24,27). The Labute approximate surface area is 183 Å². The molecule has 0 unspecified atom stereocenters. The number of rotatable bonds is 6. The Kier molecular flexibility index (Phi) is 5.04. The SMILES string of the molecule is CN(Cc1nc2ccsc2c(=O)[nH]1)C(=O)c1oc2ccccc2c1CSc1ncn[nH]1. The summed E-state index contributed by atoms with van der Waals surface area (Å²) in [6, 6.07) is 9.32. The number of para-hydroxylation sites is 1. The van der Waals surface area contributed by atoms with Crippen molar-refractivity contribution in [3.8, 4) is 0 Å². The van der Waals surface area contributed by atoms with Crippen LogP contribution in [-0.4, -0.2) is 43.0 Å². The molecular formula is C20H16N6O3S2. The van der Waals surface area contributed by atoms with Crippen molar-refractivity contribution in [2.75, 3.05) is 7.05 Å². The van der Waals surface area contributed by atoms with Gasteiger partial charge in [-0.25, -0.2) is 9.97 Å². The molecule has 0 aliphatic carbocycles. The minimum atomic E-state index is -0.294. The second-order valence-electron chi connectivity index (χ2n) is 6.79. The Morgan fingerprint density at radius 3 is 3.00 bits per heavy atom. The third-order valence-corrected chi connectivity index (χ3v) is 6.54. The lowest BCUT2D eigenvalue weighted by molar-refractivity contribution is 0.0751. The van der Waals surface area contributed by atoms with Crippen LogP contribution in [0, 0.1) is 0 Å². The molecule has 4 heterocycles. The smallest absolute Gasteiger partial charge is 0.290 e. The number of aromatic amines is 2. The van der Waals surface area contributed by atoms with Crippen LogP contribution in [0.2, 0.25) is 0 Å². The largest absolute Gasteiger partial charge is 0.451 e. The van der Waals surface area contributed by atoms with Crippen LogP contribution in [0.15, 0.2) is 56.4 Å². The molecule has 11 heteroatoms. The maximum atomic E-state index is 13.3. The number of aromatic nitrogens is 5. The molecule has 4 aromatic heterocycles. The molecule has 1 amide bonds. The number of hydrogen-bond donors (Lipinski definition) is 2. The molecule has 0 aliphatic heterocycles. The first kappa shape index (κ1) is 19.5. The molecule has 0 bridgehead atoms. The maximum Gasteiger partial charge on any atom is 0.290 e. The maximum absolute atomic E-state index is 13.3. The van der Waals surface area contributed by atoms with E-state index in [9.17, 15) is 9.59 Å². The molecule has 2 N–H and O–H groups in total. The van der Waals surface area contributed by atoms with Crippen LogP contribution in [0.3, 0.4) is 0 Å². The highest BCUT2D eigenvalue weighted by molar-refractivity contribution is 7.98. The van der Waals surface area contributed by atoms with E-state index in [2.05, 4.69) is 25.1 Å². The Balaban J connectivity index is 1.45. The van der Waals surface area contributed by atoms with Crippen LogP contribution in [0.1, 0.15) is 21.9 Å². The van der Waals surface area contributed by atoms with Gasteiger partial charge in [0.25, 0.3) is 11.5 Å². The number of H-pyrrole nitrogens is 2. The first-order valence-corrected chi connectivity index (χ1v) is 11.2. The first-order valence-electron chi connectivity index (χ1n) is 9.30. The minimum absolute atomic E-state index is 0.144. The van der Waals surface area contributed by atoms with Gasteiger partial charge in [0.2, 0.25) is 0 Å². The molecule has 0 spiro atoms. The van der Waals surface area contributed by atoms with E-state index in [1.165, 1.54) is 34.3 Å². The fraction of sp³-hybridized carbons (Fsp3) is 0.150. The van der Waals surface area contributed by atoms with Crippen molar-refractivity contribution in [2.24, 2.45) is 0 Å². The number of amides is 1. The molecule has 0 aliphatic rings. The predicted molar refractivity (Wildman–Crippen MR) is 118 cm³/mol. The molecular weight excluding hydrogens is 436 g/mol. The second kappa shape index (κ2) is 8.00. The van der Waals surface area contributed by atoms with E-state index in [-0.39, 0.29) is 23.8 Å². The predicted octanol–water partition coefficient (Wildman–Crippen LogP) is 3.41. The van der Waals surface area contributed by atoms with Crippen LogP contribution in [0.4, 0.5) is 0 Å². The number of thiophene rings is 1. The third-order valence-electron chi connectivity index (χ3n) is 4.74. The fourth-order valence-electron chi connectivity index (χ4n) is 3.29. The highest BCUT2D eigenvalue weighted by atomic mass is 32.2. The second-order valence-corrected chi connectivity index (χ2v) is 8.67. The van der Waals surface area contributed by atoms with Gasteiger partial charge in [0.1, 0.15) is 22.4 Å². The molecule has 0 fully saturated rings. The van der Waals surface area contributed by atoms with E-state index in [4.69, 9.17) is 4.42 Å². The van der Waals surface area contributed by atoms with E-state index in [0.717, 1.165) is 10.9 Å². The van der Waals surface area contributed by atoms with Gasteiger partial charge >= 0.3 is 0 Å². The van der Waals surface area contributed by atoms with Crippen LogP contribution in [-0.2, 0) is 12.3 Å². The Morgan fingerprint density at radius 1 is 1.29 bits per heavy atom. The lowest BCUT2D eigenvalue weighted by Crippen LogP contribution is -2.28. The van der Waals surface area contributed by atoms with Crippen molar-refractivity contribution in [3.63, 3.8) is 0 Å². The topological polar surface area (TPSA) is 121 Å². The monoisotopic (exact) mass is 452 g/mol. The Hall–Kier alpha value is -3.44. The van der Waals surface area contributed by atoms with Gasteiger partial charge in [0.05, 0.1) is 12.1 Å². The highest BCUT2D eigenvalue weighted by Gasteiger charge is 2.24. The number of furan rings is 1. The molecule has 0 saturated heterocycles. The van der Waals surface area contributed by atoms with Crippen LogP contribution < -0.4 is 5.56 Å². The van der Waals surface area contributed by atoms with Gasteiger partial charge < -0.3 is 14.3 Å². The number of carbonyl (C=O) groups is 1. The van der Waals surface area contributed by atoms with Gasteiger partial charge in [-0.3, -0.25) is 14.7 Å². The first-order chi connectivity index (χ1) is 15.1. The number of nitrogens with one attached hydrogen (secondary N) is 2. The van der Waals surface area contributed by atoms with Gasteiger partial charge in [0, 0.05) is 23.8 Å². The van der Waals surface area contributed by atoms with Gasteiger partial charge in [0.15, 0.2) is 10.9 Å². The summed E-state index contributed by atoms with van der Waals surface area (Å²) in [5.74, 6) is 0.865. The molecule has 5 rings (SSSR count). The Bertz CT molecular complexity index is 1440. The fourth-order valence-corrected chi connectivity index (χ4v) is 4.82. The van der Waals surface area contributed by atoms with E-state index >= 15 is 0 Å². The zero-order chi connectivity index (χ0) is 21.4. The Morgan fingerprint density at radius 2 is 2.16 bits per heavy atom. The lowest BCUT2D eigenvalue weighted by atomic mass is 10.1. The molecule has 31 heavy (non-hydrogen) atoms. The van der Waals surface area contributed by atoms with Crippen molar-refractivity contribution in [1.82, 2.24) is 30.0 Å². The van der Waals surface area contributed by atoms with Crippen molar-refractivity contribution in [1.29, 1.82) is 0 Å². The van der Waals surface area contributed by atoms with Crippen molar-refractivity contribution < 1.29 is 9.21 Å². The highest BCUT2D eigenvalue weighted by Crippen LogP contribution is 2.31. The van der Waals surface area contributed by atoms with Gasteiger partial charge in [-0.05, 0) is 17.5 Å². The van der Waals surface area contributed by atoms with Crippen LogP contribution in [0.25, 0.3) is 21.2 Å². The summed E-state index contributed by atoms with van der Waals surface area (Å²) in [7, 11) is 1.65. The van der Waals surface area contributed by atoms with Crippen LogP contribution >= 0.6 is 23.1 Å². The number of nitrogens with zero attached hydrogens (tertiary/aromatic N) is 4. The summed E-state index contributed by atoms with van der Waals surface area (Å²) in [5, 5.41) is 10.0. The summed E-state index contributed by atoms with van der Waals surface area (Å²) in [6.45, 7) is 0.144. The van der Waals surface area contributed by atoms with Crippen molar-refractivity contribution in [3.05, 3.63) is 69.5 Å². The zero-order valence-electron chi connectivity index (χ0n) is 16.3. The normalized spacial score (nSPS) is 11.4. The molecule has 0 atom stereocenters. The molecule has 0 saturated carbocycles. The van der Waals surface area contributed by atoms with Crippen molar-refractivity contribution in [2.45, 2.75) is 17.5 Å². The summed E-state index contributed by atoms with van der Waals surface area (Å²) in [5.41, 5.74) is 1.84. The lowest BCUT2D eigenvalue weighted by Gasteiger charge is -2.16. The summed E-state index contributed by atoms with van der Waals surface area (Å²) < 4.78 is 6.50. The average Bonchev–Trinajstić information content (AvgIpc) is 3.51. The average molecular weight is 453 g/mol. The van der Waals surface area contributed by atoms with E-state index in [0.29, 0.717) is 32.5 Å². The molecule has 9 nitrogen and oxygen atoms in total. The number of fused-ring (bicyclic) bond motifs is 2. The number of thioether (sulfide) groups is 1. The number of benzene rings is 1. The van der Waals surface area contributed by atoms with Gasteiger partial charge in [-0.1, -0.05) is 30.0 Å². The van der Waals surface area contributed by atoms with E-state index in [1.807, 2.05) is 29.6 Å². The van der Waals surface area contributed by atoms with E-state index in [1.54, 1.807) is 13.1 Å². The number of carbonyl (C=O) groups excluding carboxylic acids is 1. The van der Waals surface area contributed by atoms with Gasteiger partial charge in [-0.2, -0.15) is 5.10 Å². The van der Waals surface area contributed by atoms with Gasteiger partial charge in [-0.15, -0.1) is 11.3 Å². The van der Waals surface area contributed by atoms with Crippen LogP contribution in [0.5, 0.6) is 0 Å². The third kappa shape index (κ3) is 3.73. The molecule has 156 valence electrons. The molecule has 0 radical (unpaired) electrons. The molecule has 5 aromatic rings. The quantitative estimate of drug-likeness (QED) is 0.379. The van der Waals surface area contributed by atoms with Crippen molar-refractivity contribution >= 4 is 50.2 Å². The number of hydrogen-bond acceptors (Lipinski definition) is 8. The summed E-state index contributed by atoms with van der Waals surface area (Å²) in [6.07, 6.45) is 1.44. The zero-order valence-corrected chi connectivity index (χ0v) is 17.9. The molecule has 1 aromatic carbocycles. The minimum Gasteiger partial charge on any atom is -0.451 e. The van der Waals surface area contributed by atoms with E-state index < -0.39 is 0 Å². The summed E-state index contributed by atoms with van der Waals surface area (Å²) >= 11 is 2.77. The summed E-state index contributed by atoms with van der Waals surface area (Å²) in [4.78, 5) is 38.3.